The minimum atomic E-state index is -0.00977. The van der Waals surface area contributed by atoms with Crippen molar-refractivity contribution in [2.75, 3.05) is 0 Å². The molecule has 0 spiro atoms. The molecule has 1 aliphatic carbocycles. The average Bonchev–Trinajstić information content (AvgIpc) is 2.51. The Labute approximate surface area is 111 Å². The van der Waals surface area contributed by atoms with E-state index in [1.54, 1.807) is 0 Å². The Bertz CT molecular complexity index is 396. The highest BCUT2D eigenvalue weighted by Crippen LogP contribution is 2.32. The molecule has 0 radical (unpaired) electrons. The SMILES string of the molecule is CCC1CCCC(N)(Cc2cc(C)nn2C)CC1. The summed E-state index contributed by atoms with van der Waals surface area (Å²) in [5, 5.41) is 4.42. The summed E-state index contributed by atoms with van der Waals surface area (Å²) in [6.07, 6.45) is 8.54. The molecule has 1 aliphatic rings. The molecule has 0 amide bonds. The van der Waals surface area contributed by atoms with Gasteiger partial charge in [0.15, 0.2) is 0 Å². The van der Waals surface area contributed by atoms with Gasteiger partial charge in [-0.1, -0.05) is 26.2 Å². The Kier molecular flexibility index (Phi) is 4.10. The van der Waals surface area contributed by atoms with Crippen LogP contribution in [0.4, 0.5) is 0 Å². The summed E-state index contributed by atoms with van der Waals surface area (Å²) >= 11 is 0. The van der Waals surface area contributed by atoms with Gasteiger partial charge in [0.05, 0.1) is 5.69 Å². The van der Waals surface area contributed by atoms with Crippen LogP contribution in [0, 0.1) is 12.8 Å². The lowest BCUT2D eigenvalue weighted by Crippen LogP contribution is -2.42. The van der Waals surface area contributed by atoms with E-state index in [-0.39, 0.29) is 5.54 Å². The second-order valence-corrected chi connectivity index (χ2v) is 6.14. The molecule has 0 bridgehead atoms. The third-order valence-electron chi connectivity index (χ3n) is 4.55. The smallest absolute Gasteiger partial charge is 0.0596 e. The van der Waals surface area contributed by atoms with Crippen molar-refractivity contribution in [3.8, 4) is 0 Å². The van der Waals surface area contributed by atoms with Crippen LogP contribution < -0.4 is 5.73 Å². The molecule has 0 aliphatic heterocycles. The molecule has 102 valence electrons. The molecule has 2 atom stereocenters. The third kappa shape index (κ3) is 3.14. The van der Waals surface area contributed by atoms with Crippen LogP contribution in [0.3, 0.4) is 0 Å². The highest BCUT2D eigenvalue weighted by atomic mass is 15.3. The van der Waals surface area contributed by atoms with Crippen molar-refractivity contribution in [3.05, 3.63) is 17.5 Å². The van der Waals surface area contributed by atoms with Crippen LogP contribution in [0.15, 0.2) is 6.07 Å². The van der Waals surface area contributed by atoms with Gasteiger partial charge in [0.25, 0.3) is 0 Å². The van der Waals surface area contributed by atoms with Crippen molar-refractivity contribution in [2.24, 2.45) is 18.7 Å². The van der Waals surface area contributed by atoms with Crippen LogP contribution in [-0.4, -0.2) is 15.3 Å². The largest absolute Gasteiger partial charge is 0.325 e. The summed E-state index contributed by atoms with van der Waals surface area (Å²) in [6, 6.07) is 2.18. The number of hydrogen-bond acceptors (Lipinski definition) is 2. The highest BCUT2D eigenvalue weighted by molar-refractivity contribution is 5.12. The maximum atomic E-state index is 6.65. The highest BCUT2D eigenvalue weighted by Gasteiger charge is 2.30. The lowest BCUT2D eigenvalue weighted by Gasteiger charge is -2.28. The first-order chi connectivity index (χ1) is 8.52. The molecule has 2 unspecified atom stereocenters. The van der Waals surface area contributed by atoms with E-state index in [1.807, 2.05) is 18.7 Å². The zero-order valence-corrected chi connectivity index (χ0v) is 12.1. The Morgan fingerprint density at radius 1 is 1.44 bits per heavy atom. The first-order valence-corrected chi connectivity index (χ1v) is 7.31. The van der Waals surface area contributed by atoms with Crippen LogP contribution in [0.1, 0.15) is 56.8 Å². The number of nitrogens with two attached hydrogens (primary N) is 1. The maximum Gasteiger partial charge on any atom is 0.0596 e. The minimum absolute atomic E-state index is 0.00977. The first kappa shape index (κ1) is 13.6. The van der Waals surface area contributed by atoms with Crippen molar-refractivity contribution in [2.45, 2.75) is 64.3 Å². The van der Waals surface area contributed by atoms with Crippen LogP contribution in [0.5, 0.6) is 0 Å². The second kappa shape index (κ2) is 5.43. The first-order valence-electron chi connectivity index (χ1n) is 7.31. The van der Waals surface area contributed by atoms with Crippen LogP contribution >= 0.6 is 0 Å². The zero-order valence-electron chi connectivity index (χ0n) is 12.1. The molecule has 18 heavy (non-hydrogen) atoms. The lowest BCUT2D eigenvalue weighted by molar-refractivity contribution is 0.351. The van der Waals surface area contributed by atoms with Crippen molar-refractivity contribution >= 4 is 0 Å². The topological polar surface area (TPSA) is 43.8 Å². The van der Waals surface area contributed by atoms with Gasteiger partial charge < -0.3 is 5.73 Å². The van der Waals surface area contributed by atoms with Crippen LogP contribution in [0.25, 0.3) is 0 Å². The molecule has 1 heterocycles. The Balaban J connectivity index is 2.05. The number of aromatic nitrogens is 2. The van der Waals surface area contributed by atoms with Gasteiger partial charge in [-0.2, -0.15) is 5.10 Å². The zero-order chi connectivity index (χ0) is 13.2. The molecule has 2 N–H and O–H groups in total. The number of rotatable bonds is 3. The predicted molar refractivity (Wildman–Crippen MR) is 75.4 cm³/mol. The molecule has 1 saturated carbocycles. The van der Waals surface area contributed by atoms with Gasteiger partial charge in [-0.05, 0) is 38.2 Å². The second-order valence-electron chi connectivity index (χ2n) is 6.14. The van der Waals surface area contributed by atoms with E-state index in [9.17, 15) is 0 Å². The van der Waals surface area contributed by atoms with E-state index in [0.717, 1.165) is 30.9 Å². The maximum absolute atomic E-state index is 6.65. The molecular weight excluding hydrogens is 222 g/mol. The van der Waals surface area contributed by atoms with E-state index in [0.29, 0.717) is 0 Å². The Morgan fingerprint density at radius 3 is 2.83 bits per heavy atom. The van der Waals surface area contributed by atoms with E-state index in [1.165, 1.54) is 31.4 Å². The summed E-state index contributed by atoms with van der Waals surface area (Å²) in [4.78, 5) is 0. The molecule has 0 aromatic carbocycles. The summed E-state index contributed by atoms with van der Waals surface area (Å²) in [6.45, 7) is 4.35. The standard InChI is InChI=1S/C15H27N3/c1-4-13-6-5-8-15(16,9-7-13)11-14-10-12(2)17-18(14)3/h10,13H,4-9,11,16H2,1-3H3. The Morgan fingerprint density at radius 2 is 2.22 bits per heavy atom. The van der Waals surface area contributed by atoms with E-state index < -0.39 is 0 Å². The minimum Gasteiger partial charge on any atom is -0.325 e. The molecule has 3 nitrogen and oxygen atoms in total. The molecule has 1 fully saturated rings. The number of aryl methyl sites for hydroxylation is 2. The van der Waals surface area contributed by atoms with Crippen molar-refractivity contribution in [1.82, 2.24) is 9.78 Å². The fraction of sp³-hybridized carbons (Fsp3) is 0.800. The van der Waals surface area contributed by atoms with E-state index >= 15 is 0 Å². The average molecular weight is 249 g/mol. The fourth-order valence-corrected chi connectivity index (χ4v) is 3.28. The van der Waals surface area contributed by atoms with Gasteiger partial charge in [0.1, 0.15) is 0 Å². The van der Waals surface area contributed by atoms with Crippen LogP contribution in [0.2, 0.25) is 0 Å². The number of hydrogen-bond donors (Lipinski definition) is 1. The van der Waals surface area contributed by atoms with Crippen LogP contribution in [-0.2, 0) is 13.5 Å². The summed E-state index contributed by atoms with van der Waals surface area (Å²) < 4.78 is 1.99. The van der Waals surface area contributed by atoms with Crippen molar-refractivity contribution in [3.63, 3.8) is 0 Å². The molecule has 1 aromatic heterocycles. The van der Waals surface area contributed by atoms with Gasteiger partial charge in [-0.15, -0.1) is 0 Å². The summed E-state index contributed by atoms with van der Waals surface area (Å²) in [7, 11) is 2.03. The number of nitrogens with zero attached hydrogens (tertiary/aromatic N) is 2. The summed E-state index contributed by atoms with van der Waals surface area (Å²) in [5.74, 6) is 0.892. The molecule has 3 heteroatoms. The normalized spacial score (nSPS) is 29.2. The van der Waals surface area contributed by atoms with Gasteiger partial charge >= 0.3 is 0 Å². The van der Waals surface area contributed by atoms with Gasteiger partial charge in [-0.25, -0.2) is 0 Å². The monoisotopic (exact) mass is 249 g/mol. The molecular formula is C15H27N3. The van der Waals surface area contributed by atoms with Crippen molar-refractivity contribution < 1.29 is 0 Å². The molecule has 2 rings (SSSR count). The lowest BCUT2D eigenvalue weighted by atomic mass is 9.86. The van der Waals surface area contributed by atoms with E-state index in [2.05, 4.69) is 18.1 Å². The van der Waals surface area contributed by atoms with Gasteiger partial charge in [0.2, 0.25) is 0 Å². The molecule has 1 aromatic rings. The van der Waals surface area contributed by atoms with E-state index in [4.69, 9.17) is 5.73 Å². The Hall–Kier alpha value is -0.830. The molecule has 0 saturated heterocycles. The predicted octanol–water partition coefficient (Wildman–Crippen LogP) is 2.96. The van der Waals surface area contributed by atoms with Gasteiger partial charge in [0, 0.05) is 24.7 Å². The van der Waals surface area contributed by atoms with Gasteiger partial charge in [-0.3, -0.25) is 4.68 Å². The summed E-state index contributed by atoms with van der Waals surface area (Å²) in [5.41, 5.74) is 9.01. The quantitative estimate of drug-likeness (QED) is 0.837. The third-order valence-corrected chi connectivity index (χ3v) is 4.55. The van der Waals surface area contributed by atoms with Crippen molar-refractivity contribution in [1.29, 1.82) is 0 Å². The fourth-order valence-electron chi connectivity index (χ4n) is 3.28.